The Hall–Kier alpha value is -1.40. The molecule has 1 rings (SSSR count). The van der Waals surface area contributed by atoms with Crippen molar-refractivity contribution >= 4 is 16.1 Å². The molecule has 0 aliphatic rings. The van der Waals surface area contributed by atoms with E-state index in [9.17, 15) is 13.2 Å². The Morgan fingerprint density at radius 3 is 2.17 bits per heavy atom. The third-order valence-corrected chi connectivity index (χ3v) is 4.48. The minimum atomic E-state index is -4.40. The van der Waals surface area contributed by atoms with E-state index in [-0.39, 0.29) is 17.1 Å². The summed E-state index contributed by atoms with van der Waals surface area (Å²) in [6, 6.07) is 5.57. The van der Waals surface area contributed by atoms with Gasteiger partial charge in [0.25, 0.3) is 10.1 Å². The van der Waals surface area contributed by atoms with E-state index < -0.39 is 16.1 Å². The first-order chi connectivity index (χ1) is 10.9. The zero-order chi connectivity index (χ0) is 17.1. The van der Waals surface area contributed by atoms with Crippen LogP contribution in [0.4, 0.5) is 0 Å². The molecule has 1 aromatic carbocycles. The molecule has 0 aromatic heterocycles. The fourth-order valence-electron chi connectivity index (χ4n) is 2.32. The Bertz CT molecular complexity index is 580. The summed E-state index contributed by atoms with van der Waals surface area (Å²) in [4.78, 5) is 11.4. The largest absolute Gasteiger partial charge is 0.425 e. The summed E-state index contributed by atoms with van der Waals surface area (Å²) in [6.45, 7) is 2.19. The lowest BCUT2D eigenvalue weighted by Crippen LogP contribution is -2.10. The van der Waals surface area contributed by atoms with Crippen molar-refractivity contribution in [1.82, 2.24) is 0 Å². The topological polar surface area (TPSA) is 80.7 Å². The van der Waals surface area contributed by atoms with Crippen molar-refractivity contribution in [3.8, 4) is 5.75 Å². The highest BCUT2D eigenvalue weighted by molar-refractivity contribution is 7.86. The van der Waals surface area contributed by atoms with Gasteiger partial charge in [-0.1, -0.05) is 64.0 Å². The lowest BCUT2D eigenvalue weighted by atomic mass is 10.1. The summed E-state index contributed by atoms with van der Waals surface area (Å²) in [6.07, 6.45) is 9.22. The number of unbranched alkanes of at least 4 members (excludes halogenated alkanes) is 7. The van der Waals surface area contributed by atoms with E-state index in [0.717, 1.165) is 19.3 Å². The fourth-order valence-corrected chi connectivity index (χ4v) is 2.94. The lowest BCUT2D eigenvalue weighted by Gasteiger charge is -2.07. The molecule has 0 heterocycles. The second-order valence-corrected chi connectivity index (χ2v) is 7.01. The highest BCUT2D eigenvalue weighted by atomic mass is 32.2. The molecule has 0 aliphatic carbocycles. The monoisotopic (exact) mass is 342 g/mol. The molecule has 0 atom stereocenters. The molecule has 0 bridgehead atoms. The van der Waals surface area contributed by atoms with Crippen molar-refractivity contribution < 1.29 is 22.5 Å². The zero-order valence-corrected chi connectivity index (χ0v) is 14.5. The van der Waals surface area contributed by atoms with Gasteiger partial charge in [-0.2, -0.15) is 8.42 Å². The van der Waals surface area contributed by atoms with Crippen LogP contribution in [-0.2, 0) is 14.9 Å². The normalized spacial score (nSPS) is 11.4. The summed E-state index contributed by atoms with van der Waals surface area (Å²) in [5.41, 5.74) is 0. The van der Waals surface area contributed by atoms with Gasteiger partial charge in [0.15, 0.2) is 5.75 Å². The van der Waals surface area contributed by atoms with E-state index in [1.165, 1.54) is 50.3 Å². The van der Waals surface area contributed by atoms with Gasteiger partial charge in [-0.25, -0.2) is 0 Å². The number of carbonyl (C=O) groups is 1. The Labute approximate surface area is 138 Å². The lowest BCUT2D eigenvalue weighted by molar-refractivity contribution is -0.134. The van der Waals surface area contributed by atoms with Crippen LogP contribution in [0.1, 0.15) is 64.7 Å². The summed E-state index contributed by atoms with van der Waals surface area (Å²) < 4.78 is 36.6. The molecule has 6 heteroatoms. The summed E-state index contributed by atoms with van der Waals surface area (Å²) in [5.74, 6) is -0.605. The van der Waals surface area contributed by atoms with Gasteiger partial charge in [-0.05, 0) is 18.6 Å². The molecule has 1 N–H and O–H groups in total. The molecule has 0 unspecified atom stereocenters. The Morgan fingerprint density at radius 2 is 1.57 bits per heavy atom. The van der Waals surface area contributed by atoms with Crippen molar-refractivity contribution in [3.63, 3.8) is 0 Å². The number of esters is 1. The van der Waals surface area contributed by atoms with Gasteiger partial charge in [0.1, 0.15) is 4.90 Å². The number of rotatable bonds is 11. The maximum Gasteiger partial charge on any atom is 0.311 e. The van der Waals surface area contributed by atoms with Gasteiger partial charge < -0.3 is 4.74 Å². The van der Waals surface area contributed by atoms with Crippen LogP contribution in [0.15, 0.2) is 29.2 Å². The molecule has 0 amide bonds. The predicted molar refractivity (Wildman–Crippen MR) is 89.1 cm³/mol. The van der Waals surface area contributed by atoms with Crippen LogP contribution in [0.5, 0.6) is 5.75 Å². The predicted octanol–water partition coefficient (Wildman–Crippen LogP) is 4.37. The molecule has 0 radical (unpaired) electrons. The van der Waals surface area contributed by atoms with E-state index in [2.05, 4.69) is 6.92 Å². The van der Waals surface area contributed by atoms with Gasteiger partial charge in [0, 0.05) is 6.42 Å². The van der Waals surface area contributed by atoms with Gasteiger partial charge in [0.05, 0.1) is 0 Å². The number of hydrogen-bond acceptors (Lipinski definition) is 4. The molecule has 0 saturated heterocycles. The van der Waals surface area contributed by atoms with Crippen molar-refractivity contribution in [2.45, 2.75) is 69.6 Å². The average molecular weight is 342 g/mol. The molecule has 1 aromatic rings. The minimum absolute atomic E-state index is 0.125. The quantitative estimate of drug-likeness (QED) is 0.279. The van der Waals surface area contributed by atoms with Crippen molar-refractivity contribution in [1.29, 1.82) is 0 Å². The standard InChI is InChI=1S/C17H26O5S/c1-2-3-4-5-6-7-8-9-14-17(18)22-15-12-10-11-13-16(15)23(19,20)21/h10-13H,2-9,14H2,1H3,(H,19,20,21). The molecular weight excluding hydrogens is 316 g/mol. The maximum absolute atomic E-state index is 11.8. The van der Waals surface area contributed by atoms with Crippen LogP contribution in [0.3, 0.4) is 0 Å². The first-order valence-electron chi connectivity index (χ1n) is 8.22. The first-order valence-corrected chi connectivity index (χ1v) is 9.66. The average Bonchev–Trinajstić information content (AvgIpc) is 2.49. The van der Waals surface area contributed by atoms with Crippen molar-refractivity contribution in [2.24, 2.45) is 0 Å². The Kier molecular flexibility index (Phi) is 8.87. The Morgan fingerprint density at radius 1 is 1.00 bits per heavy atom. The van der Waals surface area contributed by atoms with Crippen LogP contribution < -0.4 is 4.74 Å². The van der Waals surface area contributed by atoms with Gasteiger partial charge >= 0.3 is 5.97 Å². The maximum atomic E-state index is 11.8. The number of para-hydroxylation sites is 1. The molecule has 0 spiro atoms. The molecule has 0 aliphatic heterocycles. The Balaban J connectivity index is 2.30. The third kappa shape index (κ3) is 8.13. The van der Waals surface area contributed by atoms with E-state index in [1.807, 2.05) is 0 Å². The summed E-state index contributed by atoms with van der Waals surface area (Å²) in [7, 11) is -4.40. The van der Waals surface area contributed by atoms with E-state index >= 15 is 0 Å². The highest BCUT2D eigenvalue weighted by Gasteiger charge is 2.17. The van der Waals surface area contributed by atoms with Crippen molar-refractivity contribution in [2.75, 3.05) is 0 Å². The van der Waals surface area contributed by atoms with Crippen LogP contribution in [-0.4, -0.2) is 18.9 Å². The second kappa shape index (κ2) is 10.4. The molecule has 23 heavy (non-hydrogen) atoms. The molecular formula is C17H26O5S. The molecule has 5 nitrogen and oxygen atoms in total. The summed E-state index contributed by atoms with van der Waals surface area (Å²) >= 11 is 0. The molecule has 0 saturated carbocycles. The van der Waals surface area contributed by atoms with Gasteiger partial charge in [-0.3, -0.25) is 9.35 Å². The zero-order valence-electron chi connectivity index (χ0n) is 13.7. The number of benzene rings is 1. The third-order valence-electron chi connectivity index (χ3n) is 3.59. The van der Waals surface area contributed by atoms with Crippen LogP contribution >= 0.6 is 0 Å². The number of carbonyl (C=O) groups excluding carboxylic acids is 1. The highest BCUT2D eigenvalue weighted by Crippen LogP contribution is 2.23. The van der Waals surface area contributed by atoms with E-state index in [0.29, 0.717) is 0 Å². The first kappa shape index (κ1) is 19.6. The molecule has 130 valence electrons. The number of hydrogen-bond donors (Lipinski definition) is 1. The van der Waals surface area contributed by atoms with Crippen LogP contribution in [0.2, 0.25) is 0 Å². The van der Waals surface area contributed by atoms with Crippen LogP contribution in [0, 0.1) is 0 Å². The summed E-state index contributed by atoms with van der Waals surface area (Å²) in [5, 5.41) is 0. The van der Waals surface area contributed by atoms with Crippen molar-refractivity contribution in [3.05, 3.63) is 24.3 Å². The van der Waals surface area contributed by atoms with Gasteiger partial charge in [-0.15, -0.1) is 0 Å². The van der Waals surface area contributed by atoms with E-state index in [4.69, 9.17) is 9.29 Å². The minimum Gasteiger partial charge on any atom is -0.425 e. The second-order valence-electron chi connectivity index (χ2n) is 5.62. The smallest absolute Gasteiger partial charge is 0.311 e. The van der Waals surface area contributed by atoms with Gasteiger partial charge in [0.2, 0.25) is 0 Å². The fraction of sp³-hybridized carbons (Fsp3) is 0.588. The number of ether oxygens (including phenoxy) is 1. The van der Waals surface area contributed by atoms with Crippen LogP contribution in [0.25, 0.3) is 0 Å². The SMILES string of the molecule is CCCCCCCCCCC(=O)Oc1ccccc1S(=O)(=O)O. The van der Waals surface area contributed by atoms with E-state index in [1.54, 1.807) is 6.07 Å². The molecule has 0 fully saturated rings.